The number of rotatable bonds is 9. The fraction of sp³-hybridized carbons (Fsp3) is 0.500. The third kappa shape index (κ3) is 5.31. The summed E-state index contributed by atoms with van der Waals surface area (Å²) in [5.41, 5.74) is 0.760. The lowest BCUT2D eigenvalue weighted by molar-refractivity contribution is -0.148. The standard InChI is InChI=1S/C16H24N2O5S/c1-4-18(5-2)24(22,23)12-15(19)17(3)14(16(20)21)11-13-9-7-6-8-10-13/h6-10,14H,4-5,11-12H2,1-3H3,(H,20,21). The van der Waals surface area contributed by atoms with E-state index in [1.54, 1.807) is 38.1 Å². The molecule has 0 aliphatic heterocycles. The Morgan fingerprint density at radius 3 is 2.12 bits per heavy atom. The number of hydrogen-bond acceptors (Lipinski definition) is 4. The van der Waals surface area contributed by atoms with E-state index in [9.17, 15) is 23.1 Å². The molecule has 1 aromatic rings. The normalized spacial score (nSPS) is 12.8. The molecular weight excluding hydrogens is 332 g/mol. The van der Waals surface area contributed by atoms with Crippen molar-refractivity contribution >= 4 is 21.9 Å². The van der Waals surface area contributed by atoms with E-state index in [1.165, 1.54) is 11.4 Å². The summed E-state index contributed by atoms with van der Waals surface area (Å²) in [6.07, 6.45) is 0.115. The topological polar surface area (TPSA) is 95.0 Å². The molecule has 0 saturated carbocycles. The van der Waals surface area contributed by atoms with Gasteiger partial charge in [0.05, 0.1) is 0 Å². The maximum absolute atomic E-state index is 12.3. The van der Waals surface area contributed by atoms with Gasteiger partial charge in [-0.15, -0.1) is 0 Å². The molecule has 7 nitrogen and oxygen atoms in total. The number of nitrogens with zero attached hydrogens (tertiary/aromatic N) is 2. The molecule has 8 heteroatoms. The summed E-state index contributed by atoms with van der Waals surface area (Å²) >= 11 is 0. The van der Waals surface area contributed by atoms with Crippen molar-refractivity contribution in [1.29, 1.82) is 0 Å². The number of benzene rings is 1. The van der Waals surface area contributed by atoms with Gasteiger partial charge < -0.3 is 10.0 Å². The Balaban J connectivity index is 2.89. The number of carboxylic acid groups (broad SMARTS) is 1. The Morgan fingerprint density at radius 2 is 1.67 bits per heavy atom. The van der Waals surface area contributed by atoms with Crippen LogP contribution in [0.5, 0.6) is 0 Å². The van der Waals surface area contributed by atoms with Crippen LogP contribution < -0.4 is 0 Å². The molecule has 1 atom stereocenters. The van der Waals surface area contributed by atoms with Crippen LogP contribution in [0.25, 0.3) is 0 Å². The number of hydrogen-bond donors (Lipinski definition) is 1. The zero-order valence-electron chi connectivity index (χ0n) is 14.2. The summed E-state index contributed by atoms with van der Waals surface area (Å²) in [6, 6.07) is 7.78. The van der Waals surface area contributed by atoms with Crippen LogP contribution in [0.4, 0.5) is 0 Å². The van der Waals surface area contributed by atoms with E-state index < -0.39 is 33.7 Å². The maximum Gasteiger partial charge on any atom is 0.326 e. The molecule has 0 saturated heterocycles. The zero-order chi connectivity index (χ0) is 18.3. The van der Waals surface area contributed by atoms with Gasteiger partial charge in [-0.05, 0) is 5.56 Å². The highest BCUT2D eigenvalue weighted by atomic mass is 32.2. The van der Waals surface area contributed by atoms with E-state index in [4.69, 9.17) is 0 Å². The number of sulfonamides is 1. The van der Waals surface area contributed by atoms with Crippen LogP contribution in [-0.2, 0) is 26.0 Å². The van der Waals surface area contributed by atoms with Crippen molar-refractivity contribution in [3.05, 3.63) is 35.9 Å². The van der Waals surface area contributed by atoms with Gasteiger partial charge in [0.1, 0.15) is 11.8 Å². The predicted octanol–water partition coefficient (Wildman–Crippen LogP) is 0.812. The highest BCUT2D eigenvalue weighted by Gasteiger charge is 2.31. The number of likely N-dealkylation sites (N-methyl/N-ethyl adjacent to an activating group) is 1. The van der Waals surface area contributed by atoms with Gasteiger partial charge in [-0.1, -0.05) is 44.2 Å². The molecule has 134 valence electrons. The zero-order valence-corrected chi connectivity index (χ0v) is 15.0. The number of carbonyl (C=O) groups excluding carboxylic acids is 1. The van der Waals surface area contributed by atoms with Crippen LogP contribution in [0, 0.1) is 0 Å². The molecule has 1 aromatic carbocycles. The Bertz CT molecular complexity index is 656. The molecule has 0 aliphatic carbocycles. The average molecular weight is 356 g/mol. The Kier molecular flexibility index (Phi) is 7.37. The molecule has 1 rings (SSSR count). The van der Waals surface area contributed by atoms with Crippen LogP contribution in [0.1, 0.15) is 19.4 Å². The number of carboxylic acids is 1. The summed E-state index contributed by atoms with van der Waals surface area (Å²) in [5.74, 6) is -2.64. The monoisotopic (exact) mass is 356 g/mol. The van der Waals surface area contributed by atoms with E-state index in [-0.39, 0.29) is 19.5 Å². The molecule has 24 heavy (non-hydrogen) atoms. The SMILES string of the molecule is CCN(CC)S(=O)(=O)CC(=O)N(C)C(Cc1ccccc1)C(=O)O. The number of carbonyl (C=O) groups is 2. The molecular formula is C16H24N2O5S. The van der Waals surface area contributed by atoms with Gasteiger partial charge in [0.15, 0.2) is 0 Å². The van der Waals surface area contributed by atoms with Crippen LogP contribution in [-0.4, -0.2) is 66.5 Å². The van der Waals surface area contributed by atoms with Crippen molar-refractivity contribution in [2.45, 2.75) is 26.3 Å². The van der Waals surface area contributed by atoms with Gasteiger partial charge >= 0.3 is 5.97 Å². The van der Waals surface area contributed by atoms with Crippen molar-refractivity contribution in [3.63, 3.8) is 0 Å². The molecule has 1 unspecified atom stereocenters. The minimum Gasteiger partial charge on any atom is -0.480 e. The molecule has 0 heterocycles. The van der Waals surface area contributed by atoms with Crippen molar-refractivity contribution < 1.29 is 23.1 Å². The Labute approximate surface area is 142 Å². The van der Waals surface area contributed by atoms with Gasteiger partial charge in [0.2, 0.25) is 15.9 Å². The lowest BCUT2D eigenvalue weighted by Crippen LogP contribution is -2.47. The van der Waals surface area contributed by atoms with Gasteiger partial charge in [-0.2, -0.15) is 0 Å². The average Bonchev–Trinajstić information content (AvgIpc) is 2.53. The van der Waals surface area contributed by atoms with Gasteiger partial charge in [0.25, 0.3) is 0 Å². The van der Waals surface area contributed by atoms with E-state index in [0.717, 1.165) is 10.5 Å². The molecule has 1 N–H and O–H groups in total. The number of amides is 1. The highest BCUT2D eigenvalue weighted by Crippen LogP contribution is 2.10. The first-order valence-electron chi connectivity index (χ1n) is 7.73. The van der Waals surface area contributed by atoms with Gasteiger partial charge in [-0.25, -0.2) is 17.5 Å². The Hall–Kier alpha value is -1.93. The molecule has 0 aliphatic rings. The largest absolute Gasteiger partial charge is 0.480 e. The summed E-state index contributed by atoms with van der Waals surface area (Å²) in [4.78, 5) is 24.8. The van der Waals surface area contributed by atoms with Crippen LogP contribution in [0.15, 0.2) is 30.3 Å². The van der Waals surface area contributed by atoms with E-state index in [2.05, 4.69) is 0 Å². The van der Waals surface area contributed by atoms with Crippen molar-refractivity contribution in [3.8, 4) is 0 Å². The van der Waals surface area contributed by atoms with Crippen LogP contribution in [0.2, 0.25) is 0 Å². The lowest BCUT2D eigenvalue weighted by Gasteiger charge is -2.26. The molecule has 0 bridgehead atoms. The summed E-state index contributed by atoms with van der Waals surface area (Å²) in [6.45, 7) is 3.90. The molecule has 0 radical (unpaired) electrons. The summed E-state index contributed by atoms with van der Waals surface area (Å²) < 4.78 is 25.6. The second-order valence-corrected chi connectivity index (χ2v) is 7.36. The first kappa shape index (κ1) is 20.1. The summed E-state index contributed by atoms with van der Waals surface area (Å²) in [5, 5.41) is 9.40. The third-order valence-corrected chi connectivity index (χ3v) is 5.74. The number of aliphatic carboxylic acids is 1. The first-order valence-corrected chi connectivity index (χ1v) is 9.34. The van der Waals surface area contributed by atoms with Gasteiger partial charge in [-0.3, -0.25) is 4.79 Å². The van der Waals surface area contributed by atoms with E-state index >= 15 is 0 Å². The Morgan fingerprint density at radius 1 is 1.12 bits per heavy atom. The lowest BCUT2D eigenvalue weighted by atomic mass is 10.1. The van der Waals surface area contributed by atoms with Crippen molar-refractivity contribution in [1.82, 2.24) is 9.21 Å². The fourth-order valence-corrected chi connectivity index (χ4v) is 3.85. The highest BCUT2D eigenvalue weighted by molar-refractivity contribution is 7.89. The van der Waals surface area contributed by atoms with Crippen molar-refractivity contribution in [2.24, 2.45) is 0 Å². The second-order valence-electron chi connectivity index (χ2n) is 5.39. The van der Waals surface area contributed by atoms with Crippen LogP contribution >= 0.6 is 0 Å². The first-order chi connectivity index (χ1) is 11.2. The molecule has 0 spiro atoms. The summed E-state index contributed by atoms with van der Waals surface area (Å²) in [7, 11) is -2.43. The predicted molar refractivity (Wildman–Crippen MR) is 91.0 cm³/mol. The smallest absolute Gasteiger partial charge is 0.326 e. The third-order valence-electron chi connectivity index (χ3n) is 3.82. The second kappa shape index (κ2) is 8.79. The van der Waals surface area contributed by atoms with E-state index in [1.807, 2.05) is 6.07 Å². The molecule has 0 fully saturated rings. The minimum absolute atomic E-state index is 0.115. The molecule has 1 amide bonds. The maximum atomic E-state index is 12.3. The minimum atomic E-state index is -3.75. The van der Waals surface area contributed by atoms with E-state index in [0.29, 0.717) is 0 Å². The van der Waals surface area contributed by atoms with Gasteiger partial charge in [0, 0.05) is 26.6 Å². The quantitative estimate of drug-likeness (QED) is 0.706. The molecule has 0 aromatic heterocycles. The fourth-order valence-electron chi connectivity index (χ4n) is 2.37. The van der Waals surface area contributed by atoms with Crippen LogP contribution in [0.3, 0.4) is 0 Å². The van der Waals surface area contributed by atoms with Crippen molar-refractivity contribution in [2.75, 3.05) is 25.9 Å².